The molecule has 2 atom stereocenters. The Morgan fingerprint density at radius 1 is 0.765 bits per heavy atom. The first kappa shape index (κ1) is 12.4. The summed E-state index contributed by atoms with van der Waals surface area (Å²) in [5.74, 6) is 1.16. The molecule has 0 heteroatoms. The fraction of sp³-hybridized carbons (Fsp3) is 0.529. The maximum absolute atomic E-state index is 2.43. The van der Waals surface area contributed by atoms with Gasteiger partial charge in [0.2, 0.25) is 0 Å². The average Bonchev–Trinajstić information content (AvgIpc) is 2.70. The van der Waals surface area contributed by atoms with Crippen LogP contribution in [-0.4, -0.2) is 0 Å². The van der Waals surface area contributed by atoms with Gasteiger partial charge in [-0.05, 0) is 33.1 Å². The molecule has 0 saturated heterocycles. The van der Waals surface area contributed by atoms with Gasteiger partial charge in [0, 0.05) is 11.8 Å². The molecule has 2 aliphatic carbocycles. The van der Waals surface area contributed by atoms with Gasteiger partial charge >= 0.3 is 0 Å². The molecule has 0 nitrogen and oxygen atoms in total. The summed E-state index contributed by atoms with van der Waals surface area (Å²) in [6.07, 6.45) is 9.53. The van der Waals surface area contributed by atoms with Crippen molar-refractivity contribution in [1.29, 1.82) is 0 Å². The SMILES string of the molecule is CC1=CC(C(C)(C)C2C=C(C)C=C2C)C(C)=C1. The van der Waals surface area contributed by atoms with Crippen LogP contribution in [0.25, 0.3) is 0 Å². The van der Waals surface area contributed by atoms with Gasteiger partial charge in [-0.25, -0.2) is 0 Å². The van der Waals surface area contributed by atoms with E-state index in [1.54, 1.807) is 0 Å². The van der Waals surface area contributed by atoms with Crippen molar-refractivity contribution in [2.45, 2.75) is 41.5 Å². The molecular weight excluding hydrogens is 204 g/mol. The van der Waals surface area contributed by atoms with Crippen molar-refractivity contribution in [3.63, 3.8) is 0 Å². The van der Waals surface area contributed by atoms with E-state index in [0.29, 0.717) is 11.8 Å². The van der Waals surface area contributed by atoms with E-state index in [-0.39, 0.29) is 5.41 Å². The average molecular weight is 228 g/mol. The van der Waals surface area contributed by atoms with Gasteiger partial charge in [0.25, 0.3) is 0 Å². The van der Waals surface area contributed by atoms with E-state index in [1.807, 2.05) is 0 Å². The van der Waals surface area contributed by atoms with Crippen LogP contribution in [0, 0.1) is 17.3 Å². The third kappa shape index (κ3) is 2.06. The maximum Gasteiger partial charge on any atom is 0.00428 e. The van der Waals surface area contributed by atoms with Gasteiger partial charge in [-0.1, -0.05) is 60.4 Å². The molecule has 0 heterocycles. The van der Waals surface area contributed by atoms with Gasteiger partial charge in [-0.3, -0.25) is 0 Å². The fourth-order valence-electron chi connectivity index (χ4n) is 3.58. The zero-order chi connectivity index (χ0) is 12.8. The molecule has 0 aromatic rings. The summed E-state index contributed by atoms with van der Waals surface area (Å²) in [5.41, 5.74) is 6.13. The Bertz CT molecular complexity index is 410. The standard InChI is InChI=1S/C17H24/c1-11-7-13(3)15(9-11)17(5,6)16-10-12(2)8-14(16)4/h7-10,15-16H,1-6H3. The van der Waals surface area contributed by atoms with E-state index in [0.717, 1.165) is 0 Å². The topological polar surface area (TPSA) is 0 Å². The molecule has 2 unspecified atom stereocenters. The molecule has 0 saturated carbocycles. The van der Waals surface area contributed by atoms with Gasteiger partial charge in [0.1, 0.15) is 0 Å². The zero-order valence-corrected chi connectivity index (χ0v) is 12.0. The number of hydrogen-bond donors (Lipinski definition) is 0. The van der Waals surface area contributed by atoms with Crippen molar-refractivity contribution < 1.29 is 0 Å². The highest BCUT2D eigenvalue weighted by Crippen LogP contribution is 2.48. The van der Waals surface area contributed by atoms with Crippen molar-refractivity contribution in [3.8, 4) is 0 Å². The van der Waals surface area contributed by atoms with E-state index >= 15 is 0 Å². The quantitative estimate of drug-likeness (QED) is 0.620. The largest absolute Gasteiger partial charge is 0.0738 e. The maximum atomic E-state index is 2.43. The Morgan fingerprint density at radius 2 is 1.12 bits per heavy atom. The second kappa shape index (κ2) is 4.01. The van der Waals surface area contributed by atoms with Crippen LogP contribution in [0.3, 0.4) is 0 Å². The molecule has 2 rings (SSSR count). The Kier molecular flexibility index (Phi) is 2.93. The molecule has 0 bridgehead atoms. The summed E-state index contributed by atoms with van der Waals surface area (Å²) in [5, 5.41) is 0. The van der Waals surface area contributed by atoms with Crippen molar-refractivity contribution in [3.05, 3.63) is 46.6 Å². The van der Waals surface area contributed by atoms with Crippen LogP contribution >= 0.6 is 0 Å². The molecule has 0 aromatic heterocycles. The highest BCUT2D eigenvalue weighted by atomic mass is 14.4. The predicted octanol–water partition coefficient (Wildman–Crippen LogP) is 5.06. The van der Waals surface area contributed by atoms with E-state index in [2.05, 4.69) is 65.8 Å². The van der Waals surface area contributed by atoms with Gasteiger partial charge in [0.05, 0.1) is 0 Å². The monoisotopic (exact) mass is 228 g/mol. The van der Waals surface area contributed by atoms with E-state index in [4.69, 9.17) is 0 Å². The normalized spacial score (nSPS) is 28.8. The first-order valence-electron chi connectivity index (χ1n) is 6.55. The smallest absolute Gasteiger partial charge is 0.00428 e. The van der Waals surface area contributed by atoms with Gasteiger partial charge in [-0.15, -0.1) is 0 Å². The highest BCUT2D eigenvalue weighted by Gasteiger charge is 2.39. The summed E-state index contributed by atoms with van der Waals surface area (Å²) < 4.78 is 0. The third-order valence-corrected chi connectivity index (χ3v) is 4.35. The first-order valence-corrected chi connectivity index (χ1v) is 6.55. The van der Waals surface area contributed by atoms with E-state index in [9.17, 15) is 0 Å². The van der Waals surface area contributed by atoms with Crippen LogP contribution in [0.15, 0.2) is 46.6 Å². The molecule has 17 heavy (non-hydrogen) atoms. The lowest BCUT2D eigenvalue weighted by molar-refractivity contribution is 0.234. The van der Waals surface area contributed by atoms with Crippen LogP contribution in [-0.2, 0) is 0 Å². The van der Waals surface area contributed by atoms with Gasteiger partial charge in [-0.2, -0.15) is 0 Å². The fourth-order valence-corrected chi connectivity index (χ4v) is 3.58. The Hall–Kier alpha value is -1.04. The van der Waals surface area contributed by atoms with Crippen molar-refractivity contribution in [1.82, 2.24) is 0 Å². The first-order chi connectivity index (χ1) is 7.82. The van der Waals surface area contributed by atoms with Crippen molar-refractivity contribution in [2.24, 2.45) is 17.3 Å². The molecule has 0 aromatic carbocycles. The molecule has 92 valence electrons. The lowest BCUT2D eigenvalue weighted by Crippen LogP contribution is -2.30. The van der Waals surface area contributed by atoms with Crippen molar-refractivity contribution >= 4 is 0 Å². The lowest BCUT2D eigenvalue weighted by Gasteiger charge is -2.38. The number of allylic oxidation sites excluding steroid dienone is 8. The molecule has 0 radical (unpaired) electrons. The van der Waals surface area contributed by atoms with Crippen LogP contribution in [0.1, 0.15) is 41.5 Å². The minimum absolute atomic E-state index is 0.274. The van der Waals surface area contributed by atoms with Gasteiger partial charge < -0.3 is 0 Å². The highest BCUT2D eigenvalue weighted by molar-refractivity contribution is 5.40. The molecule has 0 aliphatic heterocycles. The summed E-state index contributed by atoms with van der Waals surface area (Å²) in [7, 11) is 0. The molecule has 0 N–H and O–H groups in total. The number of hydrogen-bond acceptors (Lipinski definition) is 0. The van der Waals surface area contributed by atoms with Gasteiger partial charge in [0.15, 0.2) is 0 Å². The molecule has 2 aliphatic rings. The van der Waals surface area contributed by atoms with Crippen LogP contribution in [0.5, 0.6) is 0 Å². The van der Waals surface area contributed by atoms with E-state index in [1.165, 1.54) is 22.3 Å². The lowest BCUT2D eigenvalue weighted by atomic mass is 9.66. The Morgan fingerprint density at radius 3 is 1.35 bits per heavy atom. The molecule has 0 fully saturated rings. The summed E-state index contributed by atoms with van der Waals surface area (Å²) in [6, 6.07) is 0. The molecular formula is C17H24. The summed E-state index contributed by atoms with van der Waals surface area (Å²) in [6.45, 7) is 13.8. The number of rotatable bonds is 2. The van der Waals surface area contributed by atoms with E-state index < -0.39 is 0 Å². The van der Waals surface area contributed by atoms with Crippen LogP contribution in [0.4, 0.5) is 0 Å². The zero-order valence-electron chi connectivity index (χ0n) is 12.0. The molecule has 0 spiro atoms. The summed E-state index contributed by atoms with van der Waals surface area (Å²) in [4.78, 5) is 0. The van der Waals surface area contributed by atoms with Crippen LogP contribution < -0.4 is 0 Å². The van der Waals surface area contributed by atoms with Crippen molar-refractivity contribution in [2.75, 3.05) is 0 Å². The Balaban J connectivity index is 2.33. The minimum atomic E-state index is 0.274. The molecule has 0 amide bonds. The van der Waals surface area contributed by atoms with Crippen LogP contribution in [0.2, 0.25) is 0 Å². The third-order valence-electron chi connectivity index (χ3n) is 4.35. The minimum Gasteiger partial charge on any atom is -0.0738 e. The Labute approximate surface area is 106 Å². The second-order valence-electron chi connectivity index (χ2n) is 6.37. The predicted molar refractivity (Wildman–Crippen MR) is 75.8 cm³/mol. The second-order valence-corrected chi connectivity index (χ2v) is 6.37. The summed E-state index contributed by atoms with van der Waals surface area (Å²) >= 11 is 0.